The van der Waals surface area contributed by atoms with Crippen molar-refractivity contribution in [1.82, 2.24) is 16.0 Å². The van der Waals surface area contributed by atoms with Crippen LogP contribution < -0.4 is 50.4 Å². The van der Waals surface area contributed by atoms with E-state index in [-0.39, 0.29) is 101 Å². The number of aliphatic imine (C=N–C) groups is 1. The molecule has 0 saturated heterocycles. The lowest BCUT2D eigenvalue weighted by Crippen LogP contribution is -2.49. The summed E-state index contributed by atoms with van der Waals surface area (Å²) in [5, 5.41) is 18.1. The smallest absolute Gasteiger partial charge is 0.224 e. The van der Waals surface area contributed by atoms with Crippen molar-refractivity contribution in [2.75, 3.05) is 13.1 Å². The number of benzene rings is 1. The average molecular weight is 901 g/mol. The number of nitrogens with zero attached hydrogens (tertiary/aromatic N) is 1. The molecule has 0 spiro atoms. The van der Waals surface area contributed by atoms with Crippen molar-refractivity contribution in [3.05, 3.63) is 29.8 Å². The van der Waals surface area contributed by atoms with Crippen LogP contribution in [0.1, 0.15) is 117 Å². The van der Waals surface area contributed by atoms with Crippen molar-refractivity contribution in [2.45, 2.75) is 136 Å². The minimum Gasteiger partial charge on any atom is -0.508 e. The van der Waals surface area contributed by atoms with Crippen LogP contribution in [0.2, 0.25) is 0 Å². The van der Waals surface area contributed by atoms with Gasteiger partial charge in [0.15, 0.2) is 23.3 Å². The van der Waals surface area contributed by atoms with E-state index in [9.17, 15) is 48.3 Å². The molecular formula is C44H72N10O10. The summed E-state index contributed by atoms with van der Waals surface area (Å²) < 4.78 is 0. The monoisotopic (exact) mass is 901 g/mol. The van der Waals surface area contributed by atoms with E-state index in [1.807, 2.05) is 13.8 Å². The molecule has 20 nitrogen and oxygen atoms in total. The molecule has 358 valence electrons. The number of primary amides is 3. The first-order chi connectivity index (χ1) is 30.0. The maximum Gasteiger partial charge on any atom is 0.224 e. The van der Waals surface area contributed by atoms with Gasteiger partial charge in [-0.05, 0) is 81.5 Å². The Morgan fingerprint density at radius 1 is 0.594 bits per heavy atom. The topological polar surface area (TPSA) is 378 Å². The lowest BCUT2D eigenvalue weighted by atomic mass is 9.88. The Labute approximate surface area is 375 Å². The van der Waals surface area contributed by atoms with E-state index in [1.165, 1.54) is 19.1 Å². The van der Waals surface area contributed by atoms with Crippen LogP contribution in [0.3, 0.4) is 0 Å². The summed E-state index contributed by atoms with van der Waals surface area (Å²) in [6.45, 7) is 7.23. The van der Waals surface area contributed by atoms with Gasteiger partial charge in [-0.3, -0.25) is 48.1 Å². The second-order valence-corrected chi connectivity index (χ2v) is 17.0. The Bertz CT molecular complexity index is 1770. The molecule has 0 aliphatic rings. The number of unbranched alkanes of at least 4 members (excludes halogenated alkanes) is 1. The van der Waals surface area contributed by atoms with E-state index in [1.54, 1.807) is 19.1 Å². The molecule has 0 aromatic heterocycles. The number of aromatic hydroxyl groups is 1. The fourth-order valence-corrected chi connectivity index (χ4v) is 6.89. The van der Waals surface area contributed by atoms with Crippen LogP contribution in [0.5, 0.6) is 5.75 Å². The molecule has 0 unspecified atom stereocenters. The fraction of sp³-hybridized carbons (Fsp3) is 0.636. The van der Waals surface area contributed by atoms with Gasteiger partial charge in [-0.2, -0.15) is 0 Å². The number of carbonyl (C=O) groups excluding carboxylic acids is 9. The molecule has 0 aliphatic carbocycles. The lowest BCUT2D eigenvalue weighted by molar-refractivity contribution is -0.136. The van der Waals surface area contributed by atoms with Crippen molar-refractivity contribution in [3.8, 4) is 5.75 Å². The molecule has 7 atom stereocenters. The van der Waals surface area contributed by atoms with Gasteiger partial charge < -0.3 is 55.5 Å². The number of ketones is 3. The number of phenols is 1. The van der Waals surface area contributed by atoms with E-state index in [2.05, 4.69) is 20.9 Å². The summed E-state index contributed by atoms with van der Waals surface area (Å²) in [5.74, 6) is -9.23. The van der Waals surface area contributed by atoms with Gasteiger partial charge in [0.2, 0.25) is 35.4 Å². The molecule has 20 heteroatoms. The number of amides is 6. The van der Waals surface area contributed by atoms with Crippen molar-refractivity contribution >= 4 is 58.8 Å². The molecule has 0 heterocycles. The number of hydrogen-bond acceptors (Lipinski definition) is 12. The summed E-state index contributed by atoms with van der Waals surface area (Å²) in [4.78, 5) is 122. The number of nitrogens with two attached hydrogens (primary N) is 6. The quantitative estimate of drug-likeness (QED) is 0.0248. The first kappa shape index (κ1) is 56.1. The van der Waals surface area contributed by atoms with Crippen LogP contribution in [0.15, 0.2) is 29.3 Å². The number of Topliss-reactive ketones (excluding diaryl/α,β-unsaturated/α-hetero) is 3. The zero-order chi connectivity index (χ0) is 48.5. The highest BCUT2D eigenvalue weighted by Crippen LogP contribution is 2.22. The molecule has 0 radical (unpaired) electrons. The molecule has 1 aromatic carbocycles. The van der Waals surface area contributed by atoms with Crippen molar-refractivity contribution < 1.29 is 48.3 Å². The Hall–Kier alpha value is -5.92. The fourth-order valence-electron chi connectivity index (χ4n) is 6.89. The van der Waals surface area contributed by atoms with Gasteiger partial charge in [0.1, 0.15) is 5.75 Å². The van der Waals surface area contributed by atoms with Gasteiger partial charge in [0.25, 0.3) is 0 Å². The van der Waals surface area contributed by atoms with Gasteiger partial charge >= 0.3 is 0 Å². The SMILES string of the molecule is CC(C)C[C@H](NC(=O)[C@H](CCCCN)CC(=O)[C@H](CCCN=C(N)N)NC(=O)[C@@H](CC(=O)[C@H](CCC(N)=O)NC(=O)[C@@H](C)CCC(N)=O)Cc1ccc(O)cc1)C(=O)C[C@@H](C)C(N)=O. The van der Waals surface area contributed by atoms with E-state index in [0.717, 1.165) is 0 Å². The van der Waals surface area contributed by atoms with E-state index in [0.29, 0.717) is 24.9 Å². The highest BCUT2D eigenvalue weighted by molar-refractivity contribution is 5.97. The number of rotatable bonds is 34. The van der Waals surface area contributed by atoms with Crippen LogP contribution in [0.25, 0.3) is 0 Å². The Morgan fingerprint density at radius 2 is 1.11 bits per heavy atom. The predicted molar refractivity (Wildman–Crippen MR) is 240 cm³/mol. The average Bonchev–Trinajstić information content (AvgIpc) is 3.21. The summed E-state index contributed by atoms with van der Waals surface area (Å²) >= 11 is 0. The Morgan fingerprint density at radius 3 is 1.66 bits per heavy atom. The number of phenolic OH excluding ortho intramolecular Hbond substituents is 1. The standard InChI is InChI=1S/C44H72N10O10/c1-25(2)20-34(35(56)21-27(4)40(48)61)54-42(63)29(8-5-6-18-45)23-36(57)32(9-7-19-51-44(49)50)53-43(64)30(22-28-11-13-31(55)14-12-28)24-37(58)33(15-17-39(47)60)52-41(62)26(3)10-16-38(46)59/h11-14,25-27,29-30,32-34,55H,5-10,15-24,45H2,1-4H3,(H2,46,59)(H2,47,60)(H2,48,61)(H,52,62)(H,53,64)(H,54,63)(H4,49,50,51)/t26-,27+,29+,30+,32-,33-,34-/m0/s1. The summed E-state index contributed by atoms with van der Waals surface area (Å²) in [7, 11) is 0. The third-order valence-electron chi connectivity index (χ3n) is 10.8. The molecule has 1 aromatic rings. The molecule has 16 N–H and O–H groups in total. The van der Waals surface area contributed by atoms with Crippen LogP contribution in [-0.4, -0.2) is 95.1 Å². The first-order valence-corrected chi connectivity index (χ1v) is 21.9. The minimum absolute atomic E-state index is 0.0202. The maximum atomic E-state index is 14.4. The van der Waals surface area contributed by atoms with Crippen LogP contribution in [0, 0.1) is 29.6 Å². The van der Waals surface area contributed by atoms with Gasteiger partial charge in [-0.15, -0.1) is 0 Å². The first-order valence-electron chi connectivity index (χ1n) is 21.9. The van der Waals surface area contributed by atoms with Crippen molar-refractivity contribution in [2.24, 2.45) is 69.0 Å². The van der Waals surface area contributed by atoms with Gasteiger partial charge in [-0.25, -0.2) is 0 Å². The van der Waals surface area contributed by atoms with Crippen LogP contribution >= 0.6 is 0 Å². The third kappa shape index (κ3) is 23.0. The van der Waals surface area contributed by atoms with E-state index < -0.39 is 95.2 Å². The van der Waals surface area contributed by atoms with Crippen molar-refractivity contribution in [3.63, 3.8) is 0 Å². The summed E-state index contributed by atoms with van der Waals surface area (Å²) in [5.41, 5.74) is 33.3. The second-order valence-electron chi connectivity index (χ2n) is 17.0. The molecule has 64 heavy (non-hydrogen) atoms. The van der Waals surface area contributed by atoms with Gasteiger partial charge in [0.05, 0.1) is 18.1 Å². The predicted octanol–water partition coefficient (Wildman–Crippen LogP) is 0.0163. The maximum absolute atomic E-state index is 14.4. The van der Waals surface area contributed by atoms with E-state index in [4.69, 9.17) is 34.4 Å². The minimum atomic E-state index is -1.25. The van der Waals surface area contributed by atoms with Gasteiger partial charge in [0, 0.05) is 62.3 Å². The normalized spacial score (nSPS) is 14.4. The molecule has 0 fully saturated rings. The number of hydrogen-bond donors (Lipinski definition) is 10. The van der Waals surface area contributed by atoms with Gasteiger partial charge in [-0.1, -0.05) is 46.2 Å². The molecule has 6 amide bonds. The Balaban J connectivity index is 3.59. The highest BCUT2D eigenvalue weighted by atomic mass is 16.3. The number of guanidine groups is 1. The zero-order valence-corrected chi connectivity index (χ0v) is 37.8. The molecular weight excluding hydrogens is 829 g/mol. The summed E-state index contributed by atoms with van der Waals surface area (Å²) in [6.07, 6.45) is 0.276. The summed E-state index contributed by atoms with van der Waals surface area (Å²) in [6, 6.07) is 2.51. The van der Waals surface area contributed by atoms with Crippen LogP contribution in [0.4, 0.5) is 0 Å². The number of nitrogens with one attached hydrogen (secondary N) is 3. The number of carbonyl (C=O) groups is 9. The van der Waals surface area contributed by atoms with Crippen LogP contribution in [-0.2, 0) is 49.6 Å². The largest absolute Gasteiger partial charge is 0.508 e. The molecule has 0 aliphatic heterocycles. The molecule has 0 saturated carbocycles. The van der Waals surface area contributed by atoms with Crippen molar-refractivity contribution in [1.29, 1.82) is 0 Å². The third-order valence-corrected chi connectivity index (χ3v) is 10.8. The highest BCUT2D eigenvalue weighted by Gasteiger charge is 2.34. The molecule has 0 bridgehead atoms. The zero-order valence-electron chi connectivity index (χ0n) is 37.8. The molecule has 1 rings (SSSR count). The Kier molecular flexibility index (Phi) is 25.8. The lowest BCUT2D eigenvalue weighted by Gasteiger charge is -2.26. The second kappa shape index (κ2) is 29.4. The van der Waals surface area contributed by atoms with E-state index >= 15 is 0 Å².